The number of hydrogen-bond acceptors (Lipinski definition) is 3. The standard InChI is InChI=1S/C16H19NO3S/c18-15(17-13-9-8-12(11-13)16(19)20)7-4-10-21-14-5-2-1-3-6-14/h1-3,5-6,8-9,12-13H,4,7,10-11H2,(H,17,18)(H,19,20). The molecule has 1 aliphatic rings. The molecule has 0 aromatic heterocycles. The third-order valence-electron chi connectivity index (χ3n) is 3.31. The summed E-state index contributed by atoms with van der Waals surface area (Å²) in [5.41, 5.74) is 0. The summed E-state index contributed by atoms with van der Waals surface area (Å²) in [7, 11) is 0. The highest BCUT2D eigenvalue weighted by Crippen LogP contribution is 2.19. The zero-order valence-corrected chi connectivity index (χ0v) is 12.5. The maximum atomic E-state index is 11.8. The van der Waals surface area contributed by atoms with Crippen LogP contribution in [0.2, 0.25) is 0 Å². The van der Waals surface area contributed by atoms with Crippen LogP contribution in [0.5, 0.6) is 0 Å². The second kappa shape index (κ2) is 7.88. The van der Waals surface area contributed by atoms with Crippen LogP contribution in [-0.4, -0.2) is 28.8 Å². The van der Waals surface area contributed by atoms with Crippen molar-refractivity contribution in [2.45, 2.75) is 30.2 Å². The van der Waals surface area contributed by atoms with Crippen LogP contribution in [0.25, 0.3) is 0 Å². The van der Waals surface area contributed by atoms with Gasteiger partial charge in [0.25, 0.3) is 0 Å². The first-order chi connectivity index (χ1) is 10.1. The number of aliphatic carboxylic acids is 1. The molecule has 2 atom stereocenters. The number of carboxylic acid groups (broad SMARTS) is 1. The molecular formula is C16H19NO3S. The zero-order valence-electron chi connectivity index (χ0n) is 11.7. The van der Waals surface area contributed by atoms with Crippen molar-refractivity contribution in [2.24, 2.45) is 5.92 Å². The first-order valence-corrected chi connectivity index (χ1v) is 8.02. The van der Waals surface area contributed by atoms with E-state index in [2.05, 4.69) is 17.4 Å². The van der Waals surface area contributed by atoms with Gasteiger partial charge >= 0.3 is 5.97 Å². The Labute approximate surface area is 128 Å². The number of carbonyl (C=O) groups excluding carboxylic acids is 1. The molecule has 1 aliphatic carbocycles. The Hall–Kier alpha value is -1.75. The molecule has 21 heavy (non-hydrogen) atoms. The van der Waals surface area contributed by atoms with Gasteiger partial charge < -0.3 is 10.4 Å². The van der Waals surface area contributed by atoms with E-state index in [0.717, 1.165) is 12.2 Å². The van der Waals surface area contributed by atoms with Crippen LogP contribution in [0.15, 0.2) is 47.4 Å². The summed E-state index contributed by atoms with van der Waals surface area (Å²) in [6, 6.07) is 9.96. The molecule has 0 fully saturated rings. The zero-order chi connectivity index (χ0) is 15.1. The van der Waals surface area contributed by atoms with Gasteiger partial charge in [-0.2, -0.15) is 0 Å². The molecule has 0 saturated carbocycles. The van der Waals surface area contributed by atoms with Crippen molar-refractivity contribution in [3.63, 3.8) is 0 Å². The maximum absolute atomic E-state index is 11.8. The van der Waals surface area contributed by atoms with Crippen molar-refractivity contribution in [1.82, 2.24) is 5.32 Å². The van der Waals surface area contributed by atoms with Crippen LogP contribution < -0.4 is 5.32 Å². The lowest BCUT2D eigenvalue weighted by molar-refractivity contribution is -0.140. The molecule has 4 nitrogen and oxygen atoms in total. The van der Waals surface area contributed by atoms with Gasteiger partial charge in [0.05, 0.1) is 5.92 Å². The first kappa shape index (κ1) is 15.6. The predicted molar refractivity (Wildman–Crippen MR) is 83.2 cm³/mol. The van der Waals surface area contributed by atoms with Crippen molar-refractivity contribution < 1.29 is 14.7 Å². The molecule has 1 aromatic carbocycles. The lowest BCUT2D eigenvalue weighted by atomic mass is 10.1. The summed E-state index contributed by atoms with van der Waals surface area (Å²) in [6.07, 6.45) is 5.17. The molecule has 112 valence electrons. The van der Waals surface area contributed by atoms with Gasteiger partial charge in [-0.3, -0.25) is 9.59 Å². The molecule has 0 heterocycles. The van der Waals surface area contributed by atoms with E-state index in [4.69, 9.17) is 5.11 Å². The topological polar surface area (TPSA) is 66.4 Å². The van der Waals surface area contributed by atoms with Gasteiger partial charge in [0.15, 0.2) is 0 Å². The van der Waals surface area contributed by atoms with Gasteiger partial charge in [-0.1, -0.05) is 30.4 Å². The van der Waals surface area contributed by atoms with Crippen molar-refractivity contribution in [1.29, 1.82) is 0 Å². The number of benzene rings is 1. The summed E-state index contributed by atoms with van der Waals surface area (Å²) in [4.78, 5) is 23.8. The molecule has 0 bridgehead atoms. The number of nitrogens with one attached hydrogen (secondary N) is 1. The molecule has 1 amide bonds. The number of rotatable bonds is 7. The summed E-state index contributed by atoms with van der Waals surface area (Å²) in [5.74, 6) is -0.411. The van der Waals surface area contributed by atoms with Crippen molar-refractivity contribution in [3.05, 3.63) is 42.5 Å². The van der Waals surface area contributed by atoms with Crippen molar-refractivity contribution >= 4 is 23.6 Å². The molecule has 0 saturated heterocycles. The summed E-state index contributed by atoms with van der Waals surface area (Å²) < 4.78 is 0. The number of carbonyl (C=O) groups is 2. The smallest absolute Gasteiger partial charge is 0.310 e. The Kier molecular flexibility index (Phi) is 5.87. The van der Waals surface area contributed by atoms with Crippen LogP contribution in [0.4, 0.5) is 0 Å². The molecule has 1 aromatic rings. The van der Waals surface area contributed by atoms with Gasteiger partial charge in [0, 0.05) is 17.4 Å². The lowest BCUT2D eigenvalue weighted by Crippen LogP contribution is -2.33. The molecular weight excluding hydrogens is 286 g/mol. The Morgan fingerprint density at radius 3 is 2.67 bits per heavy atom. The van der Waals surface area contributed by atoms with Crippen LogP contribution in [0, 0.1) is 5.92 Å². The third kappa shape index (κ3) is 5.27. The fourth-order valence-electron chi connectivity index (χ4n) is 2.21. The quantitative estimate of drug-likeness (QED) is 0.462. The minimum atomic E-state index is -0.831. The maximum Gasteiger partial charge on any atom is 0.310 e. The highest BCUT2D eigenvalue weighted by molar-refractivity contribution is 7.99. The average molecular weight is 305 g/mol. The Balaban J connectivity index is 1.60. The SMILES string of the molecule is O=C(CCCSc1ccccc1)NC1C=CC(C(=O)O)C1. The van der Waals surface area contributed by atoms with Crippen LogP contribution in [0.3, 0.4) is 0 Å². The molecule has 2 unspecified atom stereocenters. The Morgan fingerprint density at radius 1 is 1.24 bits per heavy atom. The van der Waals surface area contributed by atoms with Gasteiger partial charge in [0.2, 0.25) is 5.91 Å². The minimum Gasteiger partial charge on any atom is -0.481 e. The number of carboxylic acids is 1. The van der Waals surface area contributed by atoms with Crippen LogP contribution >= 0.6 is 11.8 Å². The Morgan fingerprint density at radius 2 is 2.00 bits per heavy atom. The number of amides is 1. The van der Waals surface area contributed by atoms with Crippen molar-refractivity contribution in [2.75, 3.05) is 5.75 Å². The van der Waals surface area contributed by atoms with Gasteiger partial charge in [-0.15, -0.1) is 11.8 Å². The number of hydrogen-bond donors (Lipinski definition) is 2. The van der Waals surface area contributed by atoms with E-state index in [1.807, 2.05) is 18.2 Å². The largest absolute Gasteiger partial charge is 0.481 e. The average Bonchev–Trinajstić information content (AvgIpc) is 2.93. The predicted octanol–water partition coefficient (Wildman–Crippen LogP) is 2.70. The first-order valence-electron chi connectivity index (χ1n) is 7.03. The monoisotopic (exact) mass is 305 g/mol. The normalized spacial score (nSPS) is 20.4. The number of thioether (sulfide) groups is 1. The summed E-state index contributed by atoms with van der Waals surface area (Å²) >= 11 is 1.74. The lowest BCUT2D eigenvalue weighted by Gasteiger charge is -2.12. The Bertz CT molecular complexity index is 516. The van der Waals surface area contributed by atoms with E-state index in [9.17, 15) is 9.59 Å². The van der Waals surface area contributed by atoms with E-state index in [-0.39, 0.29) is 11.9 Å². The fourth-order valence-corrected chi connectivity index (χ4v) is 3.08. The molecule has 2 N–H and O–H groups in total. The molecule has 5 heteroatoms. The molecule has 2 rings (SSSR count). The van der Waals surface area contributed by atoms with E-state index in [1.165, 1.54) is 4.90 Å². The van der Waals surface area contributed by atoms with Gasteiger partial charge in [-0.25, -0.2) is 0 Å². The third-order valence-corrected chi connectivity index (χ3v) is 4.41. The van der Waals surface area contributed by atoms with Gasteiger partial charge in [0.1, 0.15) is 0 Å². The summed E-state index contributed by atoms with van der Waals surface area (Å²) in [5, 5.41) is 11.7. The van der Waals surface area contributed by atoms with Gasteiger partial charge in [-0.05, 0) is 30.7 Å². The highest BCUT2D eigenvalue weighted by Gasteiger charge is 2.25. The van der Waals surface area contributed by atoms with E-state index in [1.54, 1.807) is 23.9 Å². The second-order valence-electron chi connectivity index (χ2n) is 5.00. The molecule has 0 aliphatic heterocycles. The van der Waals surface area contributed by atoms with Crippen LogP contribution in [0.1, 0.15) is 19.3 Å². The van der Waals surface area contributed by atoms with E-state index < -0.39 is 11.9 Å². The summed E-state index contributed by atoms with van der Waals surface area (Å²) in [6.45, 7) is 0. The van der Waals surface area contributed by atoms with Crippen molar-refractivity contribution in [3.8, 4) is 0 Å². The van der Waals surface area contributed by atoms with E-state index >= 15 is 0 Å². The second-order valence-corrected chi connectivity index (χ2v) is 6.17. The fraction of sp³-hybridized carbons (Fsp3) is 0.375. The van der Waals surface area contributed by atoms with Crippen LogP contribution in [-0.2, 0) is 9.59 Å². The molecule has 0 radical (unpaired) electrons. The van der Waals surface area contributed by atoms with E-state index in [0.29, 0.717) is 12.8 Å². The molecule has 0 spiro atoms. The highest BCUT2D eigenvalue weighted by atomic mass is 32.2. The minimum absolute atomic E-state index is 0.00986.